The molecule has 0 saturated carbocycles. The van der Waals surface area contributed by atoms with Gasteiger partial charge >= 0.3 is 5.97 Å². The molecule has 0 unspecified atom stereocenters. The average Bonchev–Trinajstić information content (AvgIpc) is 3.64. The number of aliphatic hydroxyl groups is 1. The molecule has 1 spiro atoms. The molecule has 15 heteroatoms. The maximum atomic E-state index is 14.9. The predicted octanol–water partition coefficient (Wildman–Crippen LogP) is 8.63. The Labute approximate surface area is 420 Å². The summed E-state index contributed by atoms with van der Waals surface area (Å²) in [5.74, 6) is -2.35. The Morgan fingerprint density at radius 1 is 0.900 bits per heavy atom. The quantitative estimate of drug-likeness (QED) is 0.116. The molecule has 396 valence electrons. The maximum Gasteiger partial charge on any atom is 0.316 e. The van der Waals surface area contributed by atoms with E-state index in [0.717, 1.165) is 17.6 Å². The molecule has 7 rings (SSSR count). The van der Waals surface area contributed by atoms with E-state index in [2.05, 4.69) is 92.0 Å². The molecule has 7 aliphatic rings. The van der Waals surface area contributed by atoms with Crippen molar-refractivity contribution in [2.75, 3.05) is 27.9 Å². The van der Waals surface area contributed by atoms with Crippen LogP contribution in [0.15, 0.2) is 59.3 Å². The van der Waals surface area contributed by atoms with E-state index in [4.69, 9.17) is 51.8 Å². The Balaban J connectivity index is 1.22. The minimum atomic E-state index is -2.37. The average molecular weight is 1000 g/mol. The van der Waals surface area contributed by atoms with E-state index in [1.54, 1.807) is 14.2 Å². The normalized spacial score (nSPS) is 45.4. The number of esters is 1. The molecule has 0 radical (unpaired) electrons. The summed E-state index contributed by atoms with van der Waals surface area (Å²) < 4.78 is 72.9. The predicted molar refractivity (Wildman–Crippen MR) is 270 cm³/mol. The van der Waals surface area contributed by atoms with Crippen molar-refractivity contribution in [2.45, 2.75) is 230 Å². The van der Waals surface area contributed by atoms with Crippen molar-refractivity contribution in [3.8, 4) is 0 Å². The first-order valence-corrected chi connectivity index (χ1v) is 29.2. The molecule has 4 fully saturated rings. The lowest BCUT2D eigenvalue weighted by Gasteiger charge is -2.49. The van der Waals surface area contributed by atoms with Crippen molar-refractivity contribution in [2.24, 2.45) is 23.7 Å². The fraction of sp³-hybridized carbons (Fsp3) is 0.800. The number of rotatable bonds is 11. The van der Waals surface area contributed by atoms with E-state index in [9.17, 15) is 9.90 Å². The number of allylic oxidation sites excluding steroid dienone is 2. The highest BCUT2D eigenvalue weighted by Gasteiger charge is 2.62. The number of likely N-dealkylation sites (N-methyl/N-ethyl adjacent to an activating group) is 1. The fourth-order valence-electron chi connectivity index (χ4n) is 11.6. The molecule has 0 aromatic heterocycles. The number of hydrogen-bond acceptors (Lipinski definition) is 14. The molecule has 6 aliphatic heterocycles. The van der Waals surface area contributed by atoms with Crippen molar-refractivity contribution in [1.82, 2.24) is 5.32 Å². The van der Waals surface area contributed by atoms with E-state index >= 15 is 0 Å². The third-order valence-electron chi connectivity index (χ3n) is 17.1. The van der Waals surface area contributed by atoms with Gasteiger partial charge in [-0.15, -0.1) is 0 Å². The number of ether oxygens (including phenoxy) is 10. The topological polar surface area (TPSA) is 151 Å². The largest absolute Gasteiger partial charge is 0.462 e. The molecule has 0 aromatic rings. The van der Waals surface area contributed by atoms with Crippen molar-refractivity contribution >= 4 is 14.3 Å². The zero-order valence-corrected chi connectivity index (χ0v) is 46.2. The number of methoxy groups -OCH3 is 2. The maximum absolute atomic E-state index is 14.9. The Morgan fingerprint density at radius 2 is 1.59 bits per heavy atom. The smallest absolute Gasteiger partial charge is 0.316 e. The van der Waals surface area contributed by atoms with Crippen molar-refractivity contribution in [1.29, 1.82) is 0 Å². The number of hydrogen-bond donors (Lipinski definition) is 2. The van der Waals surface area contributed by atoms with Gasteiger partial charge in [0.15, 0.2) is 26.7 Å². The second-order valence-electron chi connectivity index (χ2n) is 23.1. The van der Waals surface area contributed by atoms with Crippen LogP contribution in [-0.2, 0) is 56.6 Å². The second-order valence-corrected chi connectivity index (χ2v) is 27.9. The van der Waals surface area contributed by atoms with Gasteiger partial charge in [0.25, 0.3) is 0 Å². The molecule has 0 aromatic carbocycles. The van der Waals surface area contributed by atoms with Crippen LogP contribution >= 0.6 is 0 Å². The van der Waals surface area contributed by atoms with Gasteiger partial charge in [0.05, 0.1) is 61.5 Å². The molecule has 0 amide bonds. The summed E-state index contributed by atoms with van der Waals surface area (Å²) in [5, 5.41) is 16.4. The van der Waals surface area contributed by atoms with Gasteiger partial charge in [-0.2, -0.15) is 0 Å². The highest BCUT2D eigenvalue weighted by atomic mass is 28.4. The highest BCUT2D eigenvalue weighted by Crippen LogP contribution is 2.50. The van der Waals surface area contributed by atoms with E-state index < -0.39 is 74.7 Å². The van der Waals surface area contributed by atoms with E-state index in [-0.39, 0.29) is 72.1 Å². The molecule has 14 nitrogen and oxygen atoms in total. The lowest BCUT2D eigenvalue weighted by molar-refractivity contribution is -0.312. The van der Waals surface area contributed by atoms with Crippen molar-refractivity contribution < 1.29 is 61.7 Å². The summed E-state index contributed by atoms with van der Waals surface area (Å²) in [6, 6.07) is 0.0456. The molecule has 20 atom stereocenters. The van der Waals surface area contributed by atoms with Gasteiger partial charge in [0.2, 0.25) is 0 Å². The van der Waals surface area contributed by atoms with Crippen LogP contribution in [0.3, 0.4) is 0 Å². The summed E-state index contributed by atoms with van der Waals surface area (Å²) in [5.41, 5.74) is 0.698. The van der Waals surface area contributed by atoms with Crippen LogP contribution in [0.1, 0.15) is 115 Å². The number of carbonyl (C=O) groups excluding carboxylic acids is 1. The Morgan fingerprint density at radius 3 is 2.26 bits per heavy atom. The van der Waals surface area contributed by atoms with Crippen LogP contribution in [0, 0.1) is 23.7 Å². The summed E-state index contributed by atoms with van der Waals surface area (Å²) in [6.45, 7) is 27.9. The van der Waals surface area contributed by atoms with Gasteiger partial charge in [0, 0.05) is 51.7 Å². The Bertz CT molecular complexity index is 1960. The third kappa shape index (κ3) is 11.6. The monoisotopic (exact) mass is 1000 g/mol. The fourth-order valence-corrected chi connectivity index (χ4v) is 12.9. The standard InChI is InChI=1S/C55H89NO13Si/c1-17-31(2)48-34(5)23-24-54(68-48)29-40-26-39(67-54)22-21-33(4)47(65-45-28-43(60-14)50(37(8)63-45)66-44-27-42(59-13)46(56-12)36(7)62-44)32(3)19-18-20-38-30-61-51-49(69-70(15,16)53(9,10)11)35(6)25-41(52(57)64-40)55(38,51)58/h18-21,23-25,31-32,34,36-37,39-51,56,58H,17,22,26-30H2,1-16H3/b19-18+,33-21+,38-20+/t31-,32-,34-,36-,37-,39+,40-,41-,42-,43-,44-,45-,46-,47-,48+,49+,50-,51+,54+,55+/m0/s1. The summed E-state index contributed by atoms with van der Waals surface area (Å²) in [6.07, 6.45) is 12.2. The third-order valence-corrected chi connectivity index (χ3v) is 21.5. The van der Waals surface area contributed by atoms with Gasteiger partial charge < -0.3 is 62.2 Å². The highest BCUT2D eigenvalue weighted by molar-refractivity contribution is 6.74. The van der Waals surface area contributed by atoms with Gasteiger partial charge in [-0.1, -0.05) is 91.3 Å². The zero-order chi connectivity index (χ0) is 51.1. The lowest BCUT2D eigenvalue weighted by Crippen LogP contribution is -2.60. The minimum absolute atomic E-state index is 0.0456. The van der Waals surface area contributed by atoms with E-state index in [1.165, 1.54) is 0 Å². The number of carbonyl (C=O) groups is 1. The van der Waals surface area contributed by atoms with Crippen LogP contribution in [0.2, 0.25) is 18.1 Å². The summed E-state index contributed by atoms with van der Waals surface area (Å²) in [4.78, 5) is 14.9. The van der Waals surface area contributed by atoms with Gasteiger partial charge in [0.1, 0.15) is 29.8 Å². The molecule has 2 bridgehead atoms. The molecular weight excluding hydrogens is 911 g/mol. The number of nitrogens with one attached hydrogen (secondary N) is 1. The second kappa shape index (κ2) is 22.4. The first-order chi connectivity index (χ1) is 33.0. The van der Waals surface area contributed by atoms with Crippen LogP contribution in [0.4, 0.5) is 0 Å². The molecule has 70 heavy (non-hydrogen) atoms. The Hall–Kier alpha value is -2.09. The van der Waals surface area contributed by atoms with E-state index in [0.29, 0.717) is 37.7 Å². The summed E-state index contributed by atoms with van der Waals surface area (Å²) >= 11 is 0. The van der Waals surface area contributed by atoms with Gasteiger partial charge in [-0.05, 0) is 88.0 Å². The van der Waals surface area contributed by atoms with E-state index in [1.807, 2.05) is 52.1 Å². The van der Waals surface area contributed by atoms with Crippen molar-refractivity contribution in [3.63, 3.8) is 0 Å². The van der Waals surface area contributed by atoms with Crippen LogP contribution < -0.4 is 5.32 Å². The van der Waals surface area contributed by atoms with Crippen LogP contribution in [-0.4, -0.2) is 144 Å². The number of fused-ring (bicyclic) bond motifs is 2. The zero-order valence-electron chi connectivity index (χ0n) is 45.2. The summed E-state index contributed by atoms with van der Waals surface area (Å²) in [7, 11) is 2.97. The molecule has 6 heterocycles. The van der Waals surface area contributed by atoms with Crippen molar-refractivity contribution in [3.05, 3.63) is 59.3 Å². The SMILES string of the molecule is CC[C@H](C)[C@H]1O[C@]2(C=C[C@@H]1C)C[C@@H]1C[C@@H](C/C=C(\C)[C@@H](O[C@H]3C[C@H](OC)[C@@H](O[C@H]4C[C@H](OC)[C@@H](NC)[C@H](C)O4)[C@H](C)O3)[C@@H](C)/C=C/C=C3\CO[C@@H]4[C@H](O[Si](C)(C)C(C)(C)C)C(C)=C[C@@H](C(=O)O1)[C@]34O)O2. The first kappa shape index (κ1) is 55.7. The van der Waals surface area contributed by atoms with Gasteiger partial charge in [-0.25, -0.2) is 0 Å². The lowest BCUT2D eigenvalue weighted by atomic mass is 9.71. The van der Waals surface area contributed by atoms with Gasteiger partial charge in [-0.3, -0.25) is 4.79 Å². The molecule has 1 aliphatic carbocycles. The Kier molecular flexibility index (Phi) is 17.8. The molecular formula is C55H89NO13Si. The first-order valence-electron chi connectivity index (χ1n) is 26.3. The van der Waals surface area contributed by atoms with Crippen LogP contribution in [0.5, 0.6) is 0 Å². The molecule has 4 saturated heterocycles. The minimum Gasteiger partial charge on any atom is -0.462 e. The molecule has 2 N–H and O–H groups in total. The van der Waals surface area contributed by atoms with Crippen LogP contribution in [0.25, 0.3) is 0 Å².